The van der Waals surface area contributed by atoms with Gasteiger partial charge in [-0.1, -0.05) is 20.3 Å². The Bertz CT molecular complexity index is 482. The fourth-order valence-electron chi connectivity index (χ4n) is 1.86. The number of carbonyl (C=O) groups excluding carboxylic acids is 1. The third-order valence-electron chi connectivity index (χ3n) is 3.25. The Morgan fingerprint density at radius 1 is 1.19 bits per heavy atom. The average molecular weight is 293 g/mol. The molecule has 0 saturated carbocycles. The fraction of sp³-hybridized carbons (Fsp3) is 0.500. The van der Waals surface area contributed by atoms with Crippen molar-refractivity contribution >= 4 is 11.9 Å². The molecule has 0 aromatic heterocycles. The van der Waals surface area contributed by atoms with Crippen LogP contribution >= 0.6 is 0 Å². The summed E-state index contributed by atoms with van der Waals surface area (Å²) in [5.74, 6) is -0.857. The molecular weight excluding hydrogens is 270 g/mol. The van der Waals surface area contributed by atoms with E-state index in [9.17, 15) is 14.7 Å². The maximum absolute atomic E-state index is 12.1. The van der Waals surface area contributed by atoms with E-state index < -0.39 is 17.9 Å². The molecule has 1 unspecified atom stereocenters. The van der Waals surface area contributed by atoms with Gasteiger partial charge in [0.2, 0.25) is 0 Å². The molecule has 2 atom stereocenters. The highest BCUT2D eigenvalue weighted by Gasteiger charge is 2.25. The lowest BCUT2D eigenvalue weighted by atomic mass is 9.99. The third kappa shape index (κ3) is 5.10. The molecule has 1 rings (SSSR count). The zero-order valence-corrected chi connectivity index (χ0v) is 12.9. The molecule has 1 aromatic rings. The van der Waals surface area contributed by atoms with E-state index >= 15 is 0 Å². The molecule has 1 amide bonds. The normalized spacial score (nSPS) is 13.6. The Morgan fingerprint density at radius 2 is 1.76 bits per heavy atom. The first-order valence-electron chi connectivity index (χ1n) is 7.15. The van der Waals surface area contributed by atoms with Crippen LogP contribution in [-0.2, 0) is 4.79 Å². The van der Waals surface area contributed by atoms with Crippen molar-refractivity contribution < 1.29 is 19.4 Å². The van der Waals surface area contributed by atoms with Crippen molar-refractivity contribution in [3.63, 3.8) is 0 Å². The number of rotatable bonds is 7. The van der Waals surface area contributed by atoms with Crippen molar-refractivity contribution in [1.82, 2.24) is 5.32 Å². The van der Waals surface area contributed by atoms with Crippen LogP contribution in [0.25, 0.3) is 0 Å². The second kappa shape index (κ2) is 7.67. The fourth-order valence-corrected chi connectivity index (χ4v) is 1.86. The molecule has 0 bridgehead atoms. The van der Waals surface area contributed by atoms with E-state index in [0.29, 0.717) is 17.7 Å². The first-order valence-corrected chi connectivity index (χ1v) is 7.15. The molecule has 0 radical (unpaired) electrons. The third-order valence-corrected chi connectivity index (χ3v) is 3.25. The molecule has 0 saturated heterocycles. The summed E-state index contributed by atoms with van der Waals surface area (Å²) in [5.41, 5.74) is 0.417. The van der Waals surface area contributed by atoms with Crippen molar-refractivity contribution in [2.24, 2.45) is 5.92 Å². The Morgan fingerprint density at radius 3 is 2.19 bits per heavy atom. The number of carboxylic acid groups (broad SMARTS) is 1. The number of carboxylic acids is 1. The molecule has 0 aliphatic rings. The highest BCUT2D eigenvalue weighted by molar-refractivity contribution is 5.96. The molecule has 21 heavy (non-hydrogen) atoms. The largest absolute Gasteiger partial charge is 0.491 e. The summed E-state index contributed by atoms with van der Waals surface area (Å²) in [7, 11) is 0. The van der Waals surface area contributed by atoms with Gasteiger partial charge in [-0.15, -0.1) is 0 Å². The zero-order chi connectivity index (χ0) is 16.0. The highest BCUT2D eigenvalue weighted by Crippen LogP contribution is 2.15. The van der Waals surface area contributed by atoms with Crippen LogP contribution in [0.5, 0.6) is 5.75 Å². The number of carbonyl (C=O) groups is 2. The standard InChI is InChI=1S/C16H23NO4/c1-5-11(4)14(16(19)20)17-15(18)12-6-8-13(9-7-12)21-10(2)3/h6-11,14H,5H2,1-4H3,(H,17,18)(H,19,20)/t11?,14-/m0/s1. The Hall–Kier alpha value is -2.04. The number of hydrogen-bond donors (Lipinski definition) is 2. The van der Waals surface area contributed by atoms with Gasteiger partial charge in [-0.05, 0) is 44.0 Å². The van der Waals surface area contributed by atoms with Crippen molar-refractivity contribution in [3.05, 3.63) is 29.8 Å². The SMILES string of the molecule is CCC(C)[C@H](NC(=O)c1ccc(OC(C)C)cc1)C(=O)O. The predicted molar refractivity (Wildman–Crippen MR) is 80.6 cm³/mol. The van der Waals surface area contributed by atoms with Crippen molar-refractivity contribution in [2.45, 2.75) is 46.3 Å². The van der Waals surface area contributed by atoms with Crippen LogP contribution < -0.4 is 10.1 Å². The minimum absolute atomic E-state index is 0.0615. The van der Waals surface area contributed by atoms with Crippen LogP contribution in [0.15, 0.2) is 24.3 Å². The summed E-state index contributed by atoms with van der Waals surface area (Å²) in [6.45, 7) is 7.54. The number of benzene rings is 1. The second-order valence-corrected chi connectivity index (χ2v) is 5.37. The van der Waals surface area contributed by atoms with Gasteiger partial charge in [-0.25, -0.2) is 4.79 Å². The molecule has 1 aromatic carbocycles. The van der Waals surface area contributed by atoms with E-state index in [1.165, 1.54) is 0 Å². The zero-order valence-electron chi connectivity index (χ0n) is 12.9. The van der Waals surface area contributed by atoms with E-state index in [2.05, 4.69) is 5.32 Å². The molecule has 0 aliphatic carbocycles. The Balaban J connectivity index is 2.76. The monoisotopic (exact) mass is 293 g/mol. The number of ether oxygens (including phenoxy) is 1. The van der Waals surface area contributed by atoms with Crippen LogP contribution in [0.1, 0.15) is 44.5 Å². The van der Waals surface area contributed by atoms with E-state index in [0.717, 1.165) is 0 Å². The van der Waals surface area contributed by atoms with Crippen molar-refractivity contribution in [2.75, 3.05) is 0 Å². The van der Waals surface area contributed by atoms with Crippen LogP contribution in [0.4, 0.5) is 0 Å². The average Bonchev–Trinajstić information content (AvgIpc) is 2.43. The smallest absolute Gasteiger partial charge is 0.326 e. The second-order valence-electron chi connectivity index (χ2n) is 5.37. The van der Waals surface area contributed by atoms with E-state index in [1.54, 1.807) is 31.2 Å². The van der Waals surface area contributed by atoms with Gasteiger partial charge < -0.3 is 15.2 Å². The van der Waals surface area contributed by atoms with E-state index in [-0.39, 0.29) is 12.0 Å². The number of amides is 1. The van der Waals surface area contributed by atoms with Crippen molar-refractivity contribution in [1.29, 1.82) is 0 Å². The van der Waals surface area contributed by atoms with Gasteiger partial charge in [0, 0.05) is 5.56 Å². The summed E-state index contributed by atoms with van der Waals surface area (Å²) in [6.07, 6.45) is 0.741. The van der Waals surface area contributed by atoms with Crippen LogP contribution in [-0.4, -0.2) is 29.1 Å². The molecule has 0 aliphatic heterocycles. The van der Waals surface area contributed by atoms with Gasteiger partial charge in [0.05, 0.1) is 6.10 Å². The molecule has 0 fully saturated rings. The highest BCUT2D eigenvalue weighted by atomic mass is 16.5. The molecule has 0 spiro atoms. The molecule has 2 N–H and O–H groups in total. The maximum atomic E-state index is 12.1. The minimum Gasteiger partial charge on any atom is -0.491 e. The van der Waals surface area contributed by atoms with Gasteiger partial charge >= 0.3 is 5.97 Å². The predicted octanol–water partition coefficient (Wildman–Crippen LogP) is 2.70. The van der Waals surface area contributed by atoms with Crippen LogP contribution in [0, 0.1) is 5.92 Å². The van der Waals surface area contributed by atoms with Gasteiger partial charge in [-0.2, -0.15) is 0 Å². The lowest BCUT2D eigenvalue weighted by Gasteiger charge is -2.20. The van der Waals surface area contributed by atoms with Crippen LogP contribution in [0.3, 0.4) is 0 Å². The number of aliphatic carboxylic acids is 1. The lowest BCUT2D eigenvalue weighted by molar-refractivity contribution is -0.140. The van der Waals surface area contributed by atoms with Crippen LogP contribution in [0.2, 0.25) is 0 Å². The quantitative estimate of drug-likeness (QED) is 0.810. The summed E-state index contributed by atoms with van der Waals surface area (Å²) < 4.78 is 5.50. The summed E-state index contributed by atoms with van der Waals surface area (Å²) in [4.78, 5) is 23.3. The molecular formula is C16H23NO4. The Kier molecular flexibility index (Phi) is 6.21. The lowest BCUT2D eigenvalue weighted by Crippen LogP contribution is -2.45. The maximum Gasteiger partial charge on any atom is 0.326 e. The summed E-state index contributed by atoms with van der Waals surface area (Å²) in [5, 5.41) is 11.7. The minimum atomic E-state index is -1.02. The molecule has 5 nitrogen and oxygen atoms in total. The van der Waals surface area contributed by atoms with E-state index in [1.807, 2.05) is 20.8 Å². The molecule has 0 heterocycles. The number of hydrogen-bond acceptors (Lipinski definition) is 3. The number of nitrogens with one attached hydrogen (secondary N) is 1. The van der Waals surface area contributed by atoms with Gasteiger partial charge in [0.15, 0.2) is 0 Å². The topological polar surface area (TPSA) is 75.6 Å². The van der Waals surface area contributed by atoms with Crippen molar-refractivity contribution in [3.8, 4) is 5.75 Å². The van der Waals surface area contributed by atoms with Gasteiger partial charge in [-0.3, -0.25) is 4.79 Å². The van der Waals surface area contributed by atoms with Gasteiger partial charge in [0.25, 0.3) is 5.91 Å². The summed E-state index contributed by atoms with van der Waals surface area (Å²) >= 11 is 0. The molecule has 5 heteroatoms. The van der Waals surface area contributed by atoms with Gasteiger partial charge in [0.1, 0.15) is 11.8 Å². The molecule has 116 valence electrons. The summed E-state index contributed by atoms with van der Waals surface area (Å²) in [6, 6.07) is 5.78. The Labute approximate surface area is 125 Å². The first kappa shape index (κ1) is 17.0. The first-order chi connectivity index (χ1) is 9.85. The van der Waals surface area contributed by atoms with E-state index in [4.69, 9.17) is 4.74 Å².